The van der Waals surface area contributed by atoms with Gasteiger partial charge in [-0.3, -0.25) is 0 Å². The average Bonchev–Trinajstić information content (AvgIpc) is 2.73. The number of rotatable bonds is 4. The van der Waals surface area contributed by atoms with Crippen LogP contribution in [0.5, 0.6) is 0 Å². The number of ether oxygens (including phenoxy) is 2. The fourth-order valence-electron chi connectivity index (χ4n) is 4.30. The number of morpholine rings is 2. The van der Waals surface area contributed by atoms with Gasteiger partial charge in [0.25, 0.3) is 6.43 Å². The molecule has 0 saturated carbocycles. The molecule has 32 heavy (non-hydrogen) atoms. The molecule has 4 atom stereocenters. The van der Waals surface area contributed by atoms with Gasteiger partial charge in [-0.1, -0.05) is 0 Å². The lowest BCUT2D eigenvalue weighted by Crippen LogP contribution is -2.52. The molecule has 4 heterocycles. The molecule has 2 aromatic rings. The van der Waals surface area contributed by atoms with Crippen LogP contribution < -0.4 is 15.5 Å². The Morgan fingerprint density at radius 3 is 1.78 bits per heavy atom. The fraction of sp³-hybridized carbons (Fsp3) is 0.619. The zero-order valence-electron chi connectivity index (χ0n) is 18.7. The van der Waals surface area contributed by atoms with Crippen LogP contribution in [0.25, 0.3) is 11.4 Å². The quantitative estimate of drug-likeness (QED) is 0.755. The number of halogens is 2. The Labute approximate surface area is 186 Å². The van der Waals surface area contributed by atoms with Gasteiger partial charge in [0.15, 0.2) is 5.82 Å². The van der Waals surface area contributed by atoms with Crippen molar-refractivity contribution in [1.29, 1.82) is 0 Å². The third kappa shape index (κ3) is 4.31. The summed E-state index contributed by atoms with van der Waals surface area (Å²) in [6.07, 6.45) is -1.33. The normalized spacial score (nSPS) is 26.6. The van der Waals surface area contributed by atoms with Crippen molar-refractivity contribution in [2.75, 3.05) is 42.0 Å². The highest BCUT2D eigenvalue weighted by molar-refractivity contribution is 5.62. The average molecular weight is 450 g/mol. The van der Waals surface area contributed by atoms with E-state index in [9.17, 15) is 8.78 Å². The summed E-state index contributed by atoms with van der Waals surface area (Å²) in [5.74, 6) is 1.03. The van der Waals surface area contributed by atoms with E-state index in [0.29, 0.717) is 43.9 Å². The lowest BCUT2D eigenvalue weighted by molar-refractivity contribution is 0.0733. The maximum Gasteiger partial charge on any atom is 0.267 e. The van der Waals surface area contributed by atoms with Crippen molar-refractivity contribution in [2.24, 2.45) is 0 Å². The minimum Gasteiger partial charge on any atom is -0.383 e. The van der Waals surface area contributed by atoms with E-state index in [1.54, 1.807) is 0 Å². The van der Waals surface area contributed by atoms with E-state index in [1.165, 1.54) is 12.3 Å². The zero-order valence-corrected chi connectivity index (χ0v) is 18.7. The van der Waals surface area contributed by atoms with Crippen LogP contribution in [0.4, 0.5) is 26.5 Å². The van der Waals surface area contributed by atoms with Crippen molar-refractivity contribution in [3.63, 3.8) is 0 Å². The highest BCUT2D eigenvalue weighted by atomic mass is 19.3. The van der Waals surface area contributed by atoms with Crippen molar-refractivity contribution < 1.29 is 18.3 Å². The summed E-state index contributed by atoms with van der Waals surface area (Å²) in [6, 6.07) is 1.48. The van der Waals surface area contributed by atoms with Gasteiger partial charge < -0.3 is 25.0 Å². The Kier molecular flexibility index (Phi) is 6.38. The van der Waals surface area contributed by atoms with E-state index in [1.807, 2.05) is 27.7 Å². The molecule has 0 aliphatic carbocycles. The summed E-state index contributed by atoms with van der Waals surface area (Å²) in [5.41, 5.74) is 5.67. The molecular weight excluding hydrogens is 420 g/mol. The number of nitrogen functional groups attached to an aromatic ring is 1. The molecule has 11 heteroatoms. The minimum absolute atomic E-state index is 0.0440. The third-order valence-electron chi connectivity index (χ3n) is 5.85. The predicted octanol–water partition coefficient (Wildman–Crippen LogP) is 2.68. The Morgan fingerprint density at radius 1 is 0.875 bits per heavy atom. The number of nitrogens with two attached hydrogens (primary N) is 1. The number of hydrogen-bond donors (Lipinski definition) is 1. The molecule has 0 unspecified atom stereocenters. The molecule has 2 aliphatic heterocycles. The maximum atomic E-state index is 13.5. The highest BCUT2D eigenvalue weighted by Crippen LogP contribution is 2.31. The second-order valence-electron chi connectivity index (χ2n) is 8.54. The lowest BCUT2D eigenvalue weighted by atomic mass is 10.1. The predicted molar refractivity (Wildman–Crippen MR) is 117 cm³/mol. The van der Waals surface area contributed by atoms with Crippen molar-refractivity contribution in [2.45, 2.75) is 58.3 Å². The van der Waals surface area contributed by atoms with Crippen LogP contribution in [0.1, 0.15) is 39.7 Å². The molecule has 2 aliphatic rings. The second-order valence-corrected chi connectivity index (χ2v) is 8.54. The number of aromatic nitrogens is 4. The standard InChI is InChI=1S/C21H29F2N7O2/c1-11-7-31-8-12(2)29(11)20-26-19(15-5-16(17(22)23)18(24)25-6-15)27-21(28-20)30-13(3)9-32-10-14(30)4/h5-6,11-14,17H,7-10H2,1-4H3,(H2,24,25)/t11-,12+,13-,14+. The second kappa shape index (κ2) is 9.07. The monoisotopic (exact) mass is 449 g/mol. The first-order valence-corrected chi connectivity index (χ1v) is 10.8. The van der Waals surface area contributed by atoms with Gasteiger partial charge in [0.1, 0.15) is 5.82 Å². The highest BCUT2D eigenvalue weighted by Gasteiger charge is 2.32. The minimum atomic E-state index is -2.75. The number of pyridine rings is 1. The summed E-state index contributed by atoms with van der Waals surface area (Å²) in [5, 5.41) is 0. The Morgan fingerprint density at radius 2 is 1.34 bits per heavy atom. The van der Waals surface area contributed by atoms with Gasteiger partial charge in [0.2, 0.25) is 11.9 Å². The van der Waals surface area contributed by atoms with Crippen LogP contribution in [-0.2, 0) is 9.47 Å². The SMILES string of the molecule is C[C@@H]1COC[C@H](C)N1c1nc(-c2cnc(N)c(C(F)F)c2)nc(N2[C@H](C)COC[C@@H]2C)n1. The van der Waals surface area contributed by atoms with E-state index in [2.05, 4.69) is 24.8 Å². The van der Waals surface area contributed by atoms with Crippen LogP contribution in [0.15, 0.2) is 12.3 Å². The first kappa shape index (κ1) is 22.5. The smallest absolute Gasteiger partial charge is 0.267 e. The van der Waals surface area contributed by atoms with E-state index in [0.717, 1.165) is 0 Å². The zero-order chi connectivity index (χ0) is 23.0. The van der Waals surface area contributed by atoms with Gasteiger partial charge >= 0.3 is 0 Å². The van der Waals surface area contributed by atoms with Gasteiger partial charge in [-0.05, 0) is 33.8 Å². The molecule has 2 aromatic heterocycles. The Balaban J connectivity index is 1.85. The summed E-state index contributed by atoms with van der Waals surface area (Å²) in [4.78, 5) is 22.3. The van der Waals surface area contributed by atoms with Gasteiger partial charge in [-0.2, -0.15) is 15.0 Å². The number of alkyl halides is 2. The molecule has 0 radical (unpaired) electrons. The molecule has 4 rings (SSSR count). The summed E-state index contributed by atoms with van der Waals surface area (Å²) >= 11 is 0. The fourth-order valence-corrected chi connectivity index (χ4v) is 4.30. The summed E-state index contributed by atoms with van der Waals surface area (Å²) in [7, 11) is 0. The van der Waals surface area contributed by atoms with Gasteiger partial charge in [-0.25, -0.2) is 13.8 Å². The number of nitrogens with zero attached hydrogens (tertiary/aromatic N) is 6. The Bertz CT molecular complexity index is 899. The molecule has 0 aromatic carbocycles. The van der Waals surface area contributed by atoms with Gasteiger partial charge in [-0.15, -0.1) is 0 Å². The first-order chi connectivity index (χ1) is 15.3. The summed E-state index contributed by atoms with van der Waals surface area (Å²) in [6.45, 7) is 10.3. The molecule has 2 fully saturated rings. The third-order valence-corrected chi connectivity index (χ3v) is 5.85. The lowest BCUT2D eigenvalue weighted by Gasteiger charge is -2.41. The molecular formula is C21H29F2N7O2. The van der Waals surface area contributed by atoms with E-state index in [4.69, 9.17) is 20.2 Å². The van der Waals surface area contributed by atoms with Crippen molar-refractivity contribution in [3.05, 3.63) is 17.8 Å². The van der Waals surface area contributed by atoms with Crippen LogP contribution in [0, 0.1) is 0 Å². The van der Waals surface area contributed by atoms with Gasteiger partial charge in [0.05, 0.1) is 56.2 Å². The maximum absolute atomic E-state index is 13.5. The Hall–Kier alpha value is -2.66. The van der Waals surface area contributed by atoms with Gasteiger partial charge in [0, 0.05) is 11.8 Å². The van der Waals surface area contributed by atoms with Crippen molar-refractivity contribution >= 4 is 17.7 Å². The van der Waals surface area contributed by atoms with Crippen LogP contribution in [0.3, 0.4) is 0 Å². The molecule has 0 amide bonds. The largest absolute Gasteiger partial charge is 0.383 e. The number of anilines is 3. The van der Waals surface area contributed by atoms with Crippen LogP contribution in [0.2, 0.25) is 0 Å². The van der Waals surface area contributed by atoms with E-state index >= 15 is 0 Å². The van der Waals surface area contributed by atoms with Crippen molar-refractivity contribution in [3.8, 4) is 11.4 Å². The van der Waals surface area contributed by atoms with E-state index < -0.39 is 6.43 Å². The number of hydrogen-bond acceptors (Lipinski definition) is 9. The topological polar surface area (TPSA) is 103 Å². The summed E-state index contributed by atoms with van der Waals surface area (Å²) < 4.78 is 38.2. The molecule has 9 nitrogen and oxygen atoms in total. The van der Waals surface area contributed by atoms with E-state index in [-0.39, 0.29) is 41.4 Å². The van der Waals surface area contributed by atoms with Crippen LogP contribution >= 0.6 is 0 Å². The molecule has 174 valence electrons. The van der Waals surface area contributed by atoms with Crippen molar-refractivity contribution in [1.82, 2.24) is 19.9 Å². The molecule has 2 saturated heterocycles. The first-order valence-electron chi connectivity index (χ1n) is 10.8. The molecule has 0 spiro atoms. The molecule has 0 bridgehead atoms. The van der Waals surface area contributed by atoms with Crippen LogP contribution in [-0.4, -0.2) is 70.5 Å². The molecule has 2 N–H and O–H groups in total.